The minimum Gasteiger partial charge on any atom is -0.457 e. The van der Waals surface area contributed by atoms with Gasteiger partial charge in [0.05, 0.1) is 0 Å². The summed E-state index contributed by atoms with van der Waals surface area (Å²) in [5, 5.41) is 0. The first-order chi connectivity index (χ1) is 18.5. The van der Waals surface area contributed by atoms with E-state index < -0.39 is 0 Å². The van der Waals surface area contributed by atoms with Crippen LogP contribution in [0.4, 0.5) is 0 Å². The number of carbonyl (C=O) groups is 2. The van der Waals surface area contributed by atoms with Crippen LogP contribution in [0.5, 0.6) is 34.5 Å². The summed E-state index contributed by atoms with van der Waals surface area (Å²) in [4.78, 5) is 24.4. The number of benzene rings is 5. The smallest absolute Gasteiger partial charge is 0.193 e. The normalized spacial score (nSPS) is 10.4. The zero-order valence-electron chi connectivity index (χ0n) is 20.7. The number of hydrogen-bond donors (Lipinski definition) is 0. The Balaban J connectivity index is 1.18. The molecule has 5 nitrogen and oxygen atoms in total. The van der Waals surface area contributed by atoms with Gasteiger partial charge in [-0.2, -0.15) is 0 Å². The van der Waals surface area contributed by atoms with E-state index in [0.717, 1.165) is 5.75 Å². The second-order valence-corrected chi connectivity index (χ2v) is 8.55. The fraction of sp³-hybridized carbons (Fsp3) is 0.0303. The molecule has 0 N–H and O–H groups in total. The molecule has 0 bridgehead atoms. The lowest BCUT2D eigenvalue weighted by Crippen LogP contribution is -2.01. The van der Waals surface area contributed by atoms with Crippen molar-refractivity contribution in [3.05, 3.63) is 144 Å². The summed E-state index contributed by atoms with van der Waals surface area (Å²) in [6.07, 6.45) is 0. The van der Waals surface area contributed by atoms with Crippen LogP contribution in [-0.2, 0) is 0 Å². The topological polar surface area (TPSA) is 61.8 Å². The number of Topliss-reactive ketones (excluding diaryl/α,β-unsaturated/α-hetero) is 1. The minimum absolute atomic E-state index is 0.00213. The van der Waals surface area contributed by atoms with Crippen molar-refractivity contribution in [2.75, 3.05) is 0 Å². The number of carbonyl (C=O) groups excluding carboxylic acids is 2. The van der Waals surface area contributed by atoms with Gasteiger partial charge in [0.1, 0.15) is 34.5 Å². The van der Waals surface area contributed by atoms with Crippen LogP contribution >= 0.6 is 0 Å². The maximum atomic E-state index is 12.9. The fourth-order valence-electron chi connectivity index (χ4n) is 3.75. The van der Waals surface area contributed by atoms with E-state index in [9.17, 15) is 9.59 Å². The lowest BCUT2D eigenvalue weighted by Gasteiger charge is -2.09. The van der Waals surface area contributed by atoms with E-state index in [-0.39, 0.29) is 11.6 Å². The lowest BCUT2D eigenvalue weighted by molar-refractivity contribution is 0.101. The quantitative estimate of drug-likeness (QED) is 0.190. The van der Waals surface area contributed by atoms with E-state index in [0.29, 0.717) is 45.4 Å². The second-order valence-electron chi connectivity index (χ2n) is 8.55. The molecule has 0 fully saturated rings. The van der Waals surface area contributed by atoms with Gasteiger partial charge >= 0.3 is 0 Å². The Morgan fingerprint density at radius 1 is 0.395 bits per heavy atom. The van der Waals surface area contributed by atoms with Gasteiger partial charge in [0.15, 0.2) is 11.6 Å². The Morgan fingerprint density at radius 3 is 1.03 bits per heavy atom. The second kappa shape index (κ2) is 11.3. The van der Waals surface area contributed by atoms with Crippen LogP contribution in [0, 0.1) is 0 Å². The highest BCUT2D eigenvalue weighted by molar-refractivity contribution is 6.09. The zero-order chi connectivity index (χ0) is 26.3. The van der Waals surface area contributed by atoms with Gasteiger partial charge in [-0.1, -0.05) is 18.2 Å². The molecular formula is C33H24O5. The van der Waals surface area contributed by atoms with Gasteiger partial charge < -0.3 is 14.2 Å². The summed E-state index contributed by atoms with van der Waals surface area (Å²) in [5.41, 5.74) is 1.73. The van der Waals surface area contributed by atoms with Crippen LogP contribution in [0.2, 0.25) is 0 Å². The third-order valence-electron chi connectivity index (χ3n) is 5.77. The zero-order valence-corrected chi connectivity index (χ0v) is 20.7. The van der Waals surface area contributed by atoms with E-state index in [1.165, 1.54) is 6.92 Å². The summed E-state index contributed by atoms with van der Waals surface area (Å²) >= 11 is 0. The average molecular weight is 501 g/mol. The molecule has 0 amide bonds. The van der Waals surface area contributed by atoms with E-state index in [4.69, 9.17) is 14.2 Å². The molecule has 0 spiro atoms. The Labute approximate surface area is 220 Å². The summed E-state index contributed by atoms with van der Waals surface area (Å²) in [6.45, 7) is 1.52. The van der Waals surface area contributed by atoms with E-state index in [2.05, 4.69) is 0 Å². The molecule has 38 heavy (non-hydrogen) atoms. The number of ether oxygens (including phenoxy) is 3. The van der Waals surface area contributed by atoms with Crippen molar-refractivity contribution in [1.82, 2.24) is 0 Å². The lowest BCUT2D eigenvalue weighted by atomic mass is 10.0. The molecule has 0 heterocycles. The summed E-state index contributed by atoms with van der Waals surface area (Å²) in [6, 6.07) is 37.8. The van der Waals surface area contributed by atoms with Crippen LogP contribution in [-0.4, -0.2) is 11.6 Å². The largest absolute Gasteiger partial charge is 0.457 e. The molecule has 0 aliphatic heterocycles. The highest BCUT2D eigenvalue weighted by Crippen LogP contribution is 2.28. The molecule has 5 rings (SSSR count). The Kier molecular flexibility index (Phi) is 7.27. The van der Waals surface area contributed by atoms with Crippen molar-refractivity contribution < 1.29 is 23.8 Å². The Hall–Kier alpha value is -5.16. The summed E-state index contributed by atoms with van der Waals surface area (Å²) < 4.78 is 17.5. The predicted octanol–water partition coefficient (Wildman–Crippen LogP) is 8.50. The van der Waals surface area contributed by atoms with Crippen molar-refractivity contribution in [2.45, 2.75) is 6.92 Å². The Bertz CT molecular complexity index is 1520. The SMILES string of the molecule is CC(=O)c1ccc(Oc2ccc(C(=O)c3ccc(Oc4ccc(Oc5ccccc5)cc4)cc3)cc2)cc1. The summed E-state index contributed by atoms with van der Waals surface area (Å²) in [7, 11) is 0. The molecular weight excluding hydrogens is 476 g/mol. The van der Waals surface area contributed by atoms with Crippen LogP contribution < -0.4 is 14.2 Å². The van der Waals surface area contributed by atoms with Crippen molar-refractivity contribution in [3.8, 4) is 34.5 Å². The minimum atomic E-state index is -0.101. The predicted molar refractivity (Wildman–Crippen MR) is 146 cm³/mol. The molecule has 0 saturated carbocycles. The highest BCUT2D eigenvalue weighted by Gasteiger charge is 2.10. The third kappa shape index (κ3) is 6.15. The van der Waals surface area contributed by atoms with Gasteiger partial charge in [0.2, 0.25) is 0 Å². The monoisotopic (exact) mass is 500 g/mol. The van der Waals surface area contributed by atoms with Gasteiger partial charge in [-0.15, -0.1) is 0 Å². The molecule has 0 aliphatic carbocycles. The first-order valence-electron chi connectivity index (χ1n) is 12.1. The van der Waals surface area contributed by atoms with Crippen molar-refractivity contribution >= 4 is 11.6 Å². The molecule has 5 heteroatoms. The van der Waals surface area contributed by atoms with Crippen LogP contribution in [0.25, 0.3) is 0 Å². The number of hydrogen-bond acceptors (Lipinski definition) is 5. The van der Waals surface area contributed by atoms with Crippen LogP contribution in [0.15, 0.2) is 127 Å². The third-order valence-corrected chi connectivity index (χ3v) is 5.77. The molecule has 0 aliphatic rings. The fourth-order valence-corrected chi connectivity index (χ4v) is 3.75. The van der Waals surface area contributed by atoms with Crippen molar-refractivity contribution in [2.24, 2.45) is 0 Å². The van der Waals surface area contributed by atoms with E-state index >= 15 is 0 Å². The number of para-hydroxylation sites is 1. The molecule has 0 saturated heterocycles. The van der Waals surface area contributed by atoms with E-state index in [1.54, 1.807) is 72.8 Å². The summed E-state index contributed by atoms with van der Waals surface area (Å²) in [5.74, 6) is 3.88. The number of ketones is 2. The molecule has 186 valence electrons. The van der Waals surface area contributed by atoms with Gasteiger partial charge in [0.25, 0.3) is 0 Å². The molecule has 0 aromatic heterocycles. The molecule has 5 aromatic rings. The molecule has 0 radical (unpaired) electrons. The maximum Gasteiger partial charge on any atom is 0.193 e. The first kappa shape index (κ1) is 24.5. The van der Waals surface area contributed by atoms with Crippen LogP contribution in [0.1, 0.15) is 33.2 Å². The number of rotatable bonds is 9. The standard InChI is InChI=1S/C33H24O5/c1-23(34)24-7-13-28(14-8-24)37-29-15-9-25(10-16-29)33(35)26-11-17-30(18-12-26)38-32-21-19-31(20-22-32)36-27-5-3-2-4-6-27/h2-22H,1H3. The molecule has 0 unspecified atom stereocenters. The van der Waals surface area contributed by atoms with E-state index in [1.807, 2.05) is 54.6 Å². The molecule has 5 aromatic carbocycles. The van der Waals surface area contributed by atoms with Gasteiger partial charge in [-0.05, 0) is 116 Å². The highest BCUT2D eigenvalue weighted by atomic mass is 16.5. The average Bonchev–Trinajstić information content (AvgIpc) is 2.95. The van der Waals surface area contributed by atoms with Crippen LogP contribution in [0.3, 0.4) is 0 Å². The van der Waals surface area contributed by atoms with Gasteiger partial charge in [-0.3, -0.25) is 9.59 Å². The maximum absolute atomic E-state index is 12.9. The van der Waals surface area contributed by atoms with Crippen molar-refractivity contribution in [3.63, 3.8) is 0 Å². The van der Waals surface area contributed by atoms with Crippen molar-refractivity contribution in [1.29, 1.82) is 0 Å². The first-order valence-corrected chi connectivity index (χ1v) is 12.1. The van der Waals surface area contributed by atoms with Gasteiger partial charge in [0, 0.05) is 16.7 Å². The van der Waals surface area contributed by atoms with Gasteiger partial charge in [-0.25, -0.2) is 0 Å². The molecule has 0 atom stereocenters. The Morgan fingerprint density at radius 2 is 0.684 bits per heavy atom.